The Morgan fingerprint density at radius 2 is 1.78 bits per heavy atom. The van der Waals surface area contributed by atoms with Crippen molar-refractivity contribution in [2.24, 2.45) is 10.8 Å². The summed E-state index contributed by atoms with van der Waals surface area (Å²) in [5, 5.41) is 0. The number of allylic oxidation sites excluding steroid dienone is 2. The largest absolute Gasteiger partial charge is 0.466 e. The smallest absolute Gasteiger partial charge is 0.305 e. The highest BCUT2D eigenvalue weighted by molar-refractivity contribution is 5.69. The summed E-state index contributed by atoms with van der Waals surface area (Å²) in [6.45, 7) is 13.5. The summed E-state index contributed by atoms with van der Waals surface area (Å²) < 4.78 is 4.93. The number of rotatable bonds is 7. The van der Waals surface area contributed by atoms with E-state index < -0.39 is 0 Å². The molecule has 0 aliphatic carbocycles. The summed E-state index contributed by atoms with van der Waals surface area (Å²) in [6, 6.07) is 0. The summed E-state index contributed by atoms with van der Waals surface area (Å²) in [7, 11) is 0. The Kier molecular flexibility index (Phi) is 7.27. The maximum absolute atomic E-state index is 11.2. The first kappa shape index (κ1) is 17.2. The van der Waals surface area contributed by atoms with Crippen molar-refractivity contribution in [3.05, 3.63) is 12.2 Å². The summed E-state index contributed by atoms with van der Waals surface area (Å²) in [5.74, 6) is -0.0769. The third-order valence-electron chi connectivity index (χ3n) is 2.81. The minimum Gasteiger partial charge on any atom is -0.466 e. The van der Waals surface area contributed by atoms with E-state index in [-0.39, 0.29) is 11.4 Å². The van der Waals surface area contributed by atoms with Crippen molar-refractivity contribution in [1.29, 1.82) is 0 Å². The van der Waals surface area contributed by atoms with Crippen molar-refractivity contribution in [1.82, 2.24) is 0 Å². The van der Waals surface area contributed by atoms with Gasteiger partial charge in [0.1, 0.15) is 0 Å². The van der Waals surface area contributed by atoms with Gasteiger partial charge in [0.05, 0.1) is 6.61 Å². The van der Waals surface area contributed by atoms with E-state index in [9.17, 15) is 4.79 Å². The molecule has 0 heterocycles. The third-order valence-corrected chi connectivity index (χ3v) is 2.81. The Hall–Kier alpha value is -0.790. The molecule has 2 nitrogen and oxygen atoms in total. The van der Waals surface area contributed by atoms with E-state index in [2.05, 4.69) is 46.8 Å². The molecule has 0 saturated carbocycles. The van der Waals surface area contributed by atoms with Crippen molar-refractivity contribution in [2.75, 3.05) is 6.61 Å². The highest BCUT2D eigenvalue weighted by atomic mass is 16.5. The van der Waals surface area contributed by atoms with E-state index >= 15 is 0 Å². The van der Waals surface area contributed by atoms with Gasteiger partial charge in [0.25, 0.3) is 0 Å². The standard InChI is InChI=1S/C16H30O2/c1-7-18-14(17)10-8-12-16(5,6)13-9-11-15(2,3)4/h9,13H,7-8,10-12H2,1-6H3. The first-order chi connectivity index (χ1) is 8.16. The van der Waals surface area contributed by atoms with E-state index in [0.29, 0.717) is 18.4 Å². The van der Waals surface area contributed by atoms with Crippen LogP contribution in [0.3, 0.4) is 0 Å². The molecule has 0 saturated heterocycles. The SMILES string of the molecule is CCOC(=O)CCCC(C)(C)C=CCC(C)(C)C. The Morgan fingerprint density at radius 3 is 2.28 bits per heavy atom. The van der Waals surface area contributed by atoms with Gasteiger partial charge in [-0.3, -0.25) is 4.79 Å². The van der Waals surface area contributed by atoms with Gasteiger partial charge in [-0.15, -0.1) is 0 Å². The molecule has 0 atom stereocenters. The van der Waals surface area contributed by atoms with E-state index in [4.69, 9.17) is 4.74 Å². The van der Waals surface area contributed by atoms with Gasteiger partial charge >= 0.3 is 5.97 Å². The zero-order chi connectivity index (χ0) is 14.2. The average molecular weight is 254 g/mol. The third kappa shape index (κ3) is 10.4. The van der Waals surface area contributed by atoms with Crippen LogP contribution in [-0.4, -0.2) is 12.6 Å². The summed E-state index contributed by atoms with van der Waals surface area (Å²) in [6.07, 6.45) is 8.09. The second kappa shape index (κ2) is 7.60. The molecular formula is C16H30O2. The van der Waals surface area contributed by atoms with E-state index in [1.807, 2.05) is 6.92 Å². The lowest BCUT2D eigenvalue weighted by molar-refractivity contribution is -0.143. The van der Waals surface area contributed by atoms with Gasteiger partial charge in [-0.1, -0.05) is 46.8 Å². The van der Waals surface area contributed by atoms with Crippen LogP contribution < -0.4 is 0 Å². The minimum absolute atomic E-state index is 0.0769. The molecule has 0 rings (SSSR count). The fraction of sp³-hybridized carbons (Fsp3) is 0.812. The predicted molar refractivity (Wildman–Crippen MR) is 77.5 cm³/mol. The molecule has 0 spiro atoms. The molecule has 0 aromatic rings. The van der Waals surface area contributed by atoms with Gasteiger partial charge in [0, 0.05) is 6.42 Å². The lowest BCUT2D eigenvalue weighted by Crippen LogP contribution is -2.10. The Labute approximate surface area is 113 Å². The molecular weight excluding hydrogens is 224 g/mol. The van der Waals surface area contributed by atoms with E-state index in [1.54, 1.807) is 0 Å². The first-order valence-electron chi connectivity index (χ1n) is 6.99. The highest BCUT2D eigenvalue weighted by Crippen LogP contribution is 2.27. The van der Waals surface area contributed by atoms with Crippen LogP contribution in [0.4, 0.5) is 0 Å². The summed E-state index contributed by atoms with van der Waals surface area (Å²) >= 11 is 0. The van der Waals surface area contributed by atoms with Crippen molar-refractivity contribution in [3.8, 4) is 0 Å². The number of esters is 1. The molecule has 0 bridgehead atoms. The van der Waals surface area contributed by atoms with Crippen LogP contribution in [0.5, 0.6) is 0 Å². The van der Waals surface area contributed by atoms with Gasteiger partial charge in [-0.05, 0) is 37.0 Å². The Balaban J connectivity index is 3.97. The van der Waals surface area contributed by atoms with Crippen LogP contribution in [0.25, 0.3) is 0 Å². The molecule has 0 aliphatic heterocycles. The normalized spacial score (nSPS) is 13.0. The van der Waals surface area contributed by atoms with Gasteiger partial charge in [-0.25, -0.2) is 0 Å². The molecule has 18 heavy (non-hydrogen) atoms. The fourth-order valence-electron chi connectivity index (χ4n) is 1.74. The molecule has 0 aromatic carbocycles. The van der Waals surface area contributed by atoms with Gasteiger partial charge in [0.2, 0.25) is 0 Å². The monoisotopic (exact) mass is 254 g/mol. The lowest BCUT2D eigenvalue weighted by atomic mass is 9.84. The van der Waals surface area contributed by atoms with Crippen molar-refractivity contribution >= 4 is 5.97 Å². The van der Waals surface area contributed by atoms with Crippen LogP contribution in [0.15, 0.2) is 12.2 Å². The molecule has 0 aromatic heterocycles. The first-order valence-corrected chi connectivity index (χ1v) is 6.99. The molecule has 0 aliphatic rings. The molecule has 106 valence electrons. The van der Waals surface area contributed by atoms with Crippen LogP contribution in [-0.2, 0) is 9.53 Å². The second-order valence-electron chi connectivity index (χ2n) is 6.81. The molecule has 2 heteroatoms. The highest BCUT2D eigenvalue weighted by Gasteiger charge is 2.15. The van der Waals surface area contributed by atoms with Crippen molar-refractivity contribution in [2.45, 2.75) is 67.2 Å². The second-order valence-corrected chi connectivity index (χ2v) is 6.81. The predicted octanol–water partition coefficient (Wildman–Crippen LogP) is 4.74. The van der Waals surface area contributed by atoms with Crippen molar-refractivity contribution in [3.63, 3.8) is 0 Å². The zero-order valence-electron chi connectivity index (χ0n) is 13.0. The quantitative estimate of drug-likeness (QED) is 0.484. The number of carbonyl (C=O) groups is 1. The maximum atomic E-state index is 11.2. The Morgan fingerprint density at radius 1 is 1.17 bits per heavy atom. The number of carbonyl (C=O) groups excluding carboxylic acids is 1. The number of hydrogen-bond acceptors (Lipinski definition) is 2. The number of ether oxygens (including phenoxy) is 1. The van der Waals surface area contributed by atoms with E-state index in [0.717, 1.165) is 19.3 Å². The minimum atomic E-state index is -0.0769. The molecule has 0 amide bonds. The van der Waals surface area contributed by atoms with Crippen LogP contribution in [0.2, 0.25) is 0 Å². The van der Waals surface area contributed by atoms with Crippen LogP contribution in [0, 0.1) is 10.8 Å². The van der Waals surface area contributed by atoms with Gasteiger partial charge < -0.3 is 4.74 Å². The van der Waals surface area contributed by atoms with Crippen LogP contribution in [0.1, 0.15) is 67.2 Å². The molecule has 0 N–H and O–H groups in total. The van der Waals surface area contributed by atoms with Gasteiger partial charge in [-0.2, -0.15) is 0 Å². The zero-order valence-corrected chi connectivity index (χ0v) is 13.0. The molecule has 0 radical (unpaired) electrons. The Bertz CT molecular complexity index is 269. The van der Waals surface area contributed by atoms with E-state index in [1.165, 1.54) is 0 Å². The van der Waals surface area contributed by atoms with Crippen molar-refractivity contribution < 1.29 is 9.53 Å². The molecule has 0 fully saturated rings. The fourth-order valence-corrected chi connectivity index (χ4v) is 1.74. The van der Waals surface area contributed by atoms with Gasteiger partial charge in [0.15, 0.2) is 0 Å². The topological polar surface area (TPSA) is 26.3 Å². The summed E-state index contributed by atoms with van der Waals surface area (Å²) in [5.41, 5.74) is 0.509. The van der Waals surface area contributed by atoms with Crippen LogP contribution >= 0.6 is 0 Å². The maximum Gasteiger partial charge on any atom is 0.305 e. The average Bonchev–Trinajstić information content (AvgIpc) is 2.14. The lowest BCUT2D eigenvalue weighted by Gasteiger charge is -2.21. The molecule has 0 unspecified atom stereocenters. The summed E-state index contributed by atoms with van der Waals surface area (Å²) in [4.78, 5) is 11.2. The number of hydrogen-bond donors (Lipinski definition) is 0.